The second-order valence-corrected chi connectivity index (χ2v) is 4.88. The third-order valence-electron chi connectivity index (χ3n) is 3.36. The van der Waals surface area contributed by atoms with E-state index < -0.39 is 0 Å². The number of amides is 1. The molecule has 1 aromatic rings. The molecule has 2 N–H and O–H groups in total. The fraction of sp³-hybridized carbons (Fsp3) is 0.500. The monoisotopic (exact) mass is 267 g/mol. The summed E-state index contributed by atoms with van der Waals surface area (Å²) in [5.41, 5.74) is 0.909. The summed E-state index contributed by atoms with van der Waals surface area (Å²) in [5, 5.41) is 2.94. The lowest BCUT2D eigenvalue weighted by atomic mass is 10.1. The number of hydrogen-bond acceptors (Lipinski definition) is 2. The van der Waals surface area contributed by atoms with Crippen LogP contribution in [0.25, 0.3) is 0 Å². The van der Waals surface area contributed by atoms with Gasteiger partial charge >= 0.3 is 0 Å². The Morgan fingerprint density at radius 2 is 2.00 bits per heavy atom. The number of benzene rings is 1. The Morgan fingerprint density at radius 3 is 2.63 bits per heavy atom. The first-order chi connectivity index (χ1) is 9.15. The average Bonchev–Trinajstić information content (AvgIpc) is 2.40. The van der Waals surface area contributed by atoms with Gasteiger partial charge in [-0.1, -0.05) is 12.1 Å². The molecule has 0 aromatic heterocycles. The lowest BCUT2D eigenvalue weighted by molar-refractivity contribution is -0.900. The highest BCUT2D eigenvalue weighted by atomic mass is 19.1. The van der Waals surface area contributed by atoms with Gasteiger partial charge in [0.25, 0.3) is 5.91 Å². The molecule has 1 fully saturated rings. The van der Waals surface area contributed by atoms with Crippen molar-refractivity contribution in [3.63, 3.8) is 0 Å². The first-order valence-electron chi connectivity index (χ1n) is 6.61. The number of carbonyl (C=O) groups is 1. The quantitative estimate of drug-likeness (QED) is 0.801. The van der Waals surface area contributed by atoms with Crippen LogP contribution < -0.4 is 10.2 Å². The lowest BCUT2D eigenvalue weighted by Gasteiger charge is -2.24. The minimum Gasteiger partial charge on any atom is -0.370 e. The zero-order valence-electron chi connectivity index (χ0n) is 11.1. The van der Waals surface area contributed by atoms with E-state index >= 15 is 0 Å². The number of morpholine rings is 1. The van der Waals surface area contributed by atoms with E-state index in [4.69, 9.17) is 4.74 Å². The minimum absolute atomic E-state index is 0.0220. The topological polar surface area (TPSA) is 42.8 Å². The predicted molar refractivity (Wildman–Crippen MR) is 69.3 cm³/mol. The van der Waals surface area contributed by atoms with Gasteiger partial charge in [-0.25, -0.2) is 4.39 Å². The number of rotatable bonds is 4. The molecule has 1 heterocycles. The Kier molecular flexibility index (Phi) is 4.87. The van der Waals surface area contributed by atoms with Gasteiger partial charge in [-0.05, 0) is 24.6 Å². The van der Waals surface area contributed by atoms with Gasteiger partial charge in [0.2, 0.25) is 0 Å². The van der Waals surface area contributed by atoms with Gasteiger partial charge < -0.3 is 15.0 Å². The highest BCUT2D eigenvalue weighted by Gasteiger charge is 2.19. The van der Waals surface area contributed by atoms with E-state index in [1.54, 1.807) is 12.1 Å². The highest BCUT2D eigenvalue weighted by molar-refractivity contribution is 5.77. The predicted octanol–water partition coefficient (Wildman–Crippen LogP) is -0.0820. The Balaban J connectivity index is 1.82. The molecule has 5 heteroatoms. The summed E-state index contributed by atoms with van der Waals surface area (Å²) in [6, 6.07) is 6.11. The van der Waals surface area contributed by atoms with Gasteiger partial charge in [0, 0.05) is 0 Å². The molecule has 1 atom stereocenters. The molecule has 0 bridgehead atoms. The molecule has 0 aliphatic carbocycles. The molecule has 0 unspecified atom stereocenters. The SMILES string of the molecule is C[C@@H](NC(=O)C[NH+]1CCOCC1)c1ccc(F)cc1. The van der Waals surface area contributed by atoms with E-state index in [1.165, 1.54) is 17.0 Å². The van der Waals surface area contributed by atoms with Crippen LogP contribution in [-0.4, -0.2) is 38.8 Å². The molecular formula is C14H20FN2O2+. The zero-order chi connectivity index (χ0) is 13.7. The van der Waals surface area contributed by atoms with Crippen LogP contribution in [0, 0.1) is 5.82 Å². The van der Waals surface area contributed by atoms with Crippen LogP contribution in [0.15, 0.2) is 24.3 Å². The number of hydrogen-bond donors (Lipinski definition) is 2. The molecule has 1 aromatic carbocycles. The summed E-state index contributed by atoms with van der Waals surface area (Å²) in [5.74, 6) is -0.242. The summed E-state index contributed by atoms with van der Waals surface area (Å²) in [6.07, 6.45) is 0. The van der Waals surface area contributed by atoms with Gasteiger partial charge in [0.1, 0.15) is 18.9 Å². The van der Waals surface area contributed by atoms with Gasteiger partial charge in [0.15, 0.2) is 6.54 Å². The van der Waals surface area contributed by atoms with Crippen molar-refractivity contribution in [1.29, 1.82) is 0 Å². The Morgan fingerprint density at radius 1 is 1.37 bits per heavy atom. The van der Waals surface area contributed by atoms with Crippen molar-refractivity contribution in [2.75, 3.05) is 32.8 Å². The number of nitrogens with one attached hydrogen (secondary N) is 2. The lowest BCUT2D eigenvalue weighted by Crippen LogP contribution is -3.15. The molecule has 104 valence electrons. The third kappa shape index (κ3) is 4.29. The second-order valence-electron chi connectivity index (χ2n) is 4.88. The Labute approximate surface area is 112 Å². The molecule has 19 heavy (non-hydrogen) atoms. The number of ether oxygens (including phenoxy) is 1. The Bertz CT molecular complexity index is 416. The van der Waals surface area contributed by atoms with Crippen LogP contribution in [0.4, 0.5) is 4.39 Å². The van der Waals surface area contributed by atoms with Crippen LogP contribution in [-0.2, 0) is 9.53 Å². The molecule has 1 amide bonds. The summed E-state index contributed by atoms with van der Waals surface area (Å²) in [4.78, 5) is 13.2. The van der Waals surface area contributed by atoms with Crippen LogP contribution in [0.5, 0.6) is 0 Å². The number of halogens is 1. The van der Waals surface area contributed by atoms with Crippen molar-refractivity contribution in [3.8, 4) is 0 Å². The van der Waals surface area contributed by atoms with Crippen molar-refractivity contribution in [1.82, 2.24) is 5.32 Å². The molecule has 2 rings (SSSR count). The van der Waals surface area contributed by atoms with Crippen molar-refractivity contribution >= 4 is 5.91 Å². The highest BCUT2D eigenvalue weighted by Crippen LogP contribution is 2.12. The molecular weight excluding hydrogens is 247 g/mol. The summed E-state index contributed by atoms with van der Waals surface area (Å²) >= 11 is 0. The second kappa shape index (κ2) is 6.63. The van der Waals surface area contributed by atoms with Crippen molar-refractivity contribution in [2.24, 2.45) is 0 Å². The number of quaternary nitrogens is 1. The average molecular weight is 267 g/mol. The first kappa shape index (κ1) is 14.0. The van der Waals surface area contributed by atoms with E-state index in [9.17, 15) is 9.18 Å². The van der Waals surface area contributed by atoms with E-state index in [0.29, 0.717) is 6.54 Å². The fourth-order valence-electron chi connectivity index (χ4n) is 2.19. The fourth-order valence-corrected chi connectivity index (χ4v) is 2.19. The van der Waals surface area contributed by atoms with E-state index in [1.807, 2.05) is 6.92 Å². The van der Waals surface area contributed by atoms with Crippen LogP contribution >= 0.6 is 0 Å². The first-order valence-corrected chi connectivity index (χ1v) is 6.61. The van der Waals surface area contributed by atoms with E-state index in [-0.39, 0.29) is 17.8 Å². The molecule has 1 aliphatic rings. The largest absolute Gasteiger partial charge is 0.370 e. The summed E-state index contributed by atoms with van der Waals surface area (Å²) in [6.45, 7) is 5.55. The van der Waals surface area contributed by atoms with Crippen LogP contribution in [0.3, 0.4) is 0 Å². The molecule has 0 spiro atoms. The molecule has 0 radical (unpaired) electrons. The normalized spacial score (nSPS) is 18.0. The zero-order valence-corrected chi connectivity index (χ0v) is 11.1. The Hall–Kier alpha value is -1.46. The molecule has 4 nitrogen and oxygen atoms in total. The summed E-state index contributed by atoms with van der Waals surface area (Å²) < 4.78 is 18.1. The molecule has 0 saturated carbocycles. The van der Waals surface area contributed by atoms with E-state index in [0.717, 1.165) is 31.9 Å². The van der Waals surface area contributed by atoms with E-state index in [2.05, 4.69) is 5.32 Å². The van der Waals surface area contributed by atoms with Gasteiger partial charge in [-0.3, -0.25) is 4.79 Å². The smallest absolute Gasteiger partial charge is 0.275 e. The maximum absolute atomic E-state index is 12.8. The van der Waals surface area contributed by atoms with Gasteiger partial charge in [0.05, 0.1) is 19.3 Å². The molecule has 1 saturated heterocycles. The van der Waals surface area contributed by atoms with Gasteiger partial charge in [-0.15, -0.1) is 0 Å². The van der Waals surface area contributed by atoms with Crippen LogP contribution in [0.1, 0.15) is 18.5 Å². The maximum Gasteiger partial charge on any atom is 0.275 e. The van der Waals surface area contributed by atoms with Crippen molar-refractivity contribution in [3.05, 3.63) is 35.6 Å². The van der Waals surface area contributed by atoms with Gasteiger partial charge in [-0.2, -0.15) is 0 Å². The third-order valence-corrected chi connectivity index (χ3v) is 3.36. The molecule has 1 aliphatic heterocycles. The van der Waals surface area contributed by atoms with Crippen molar-refractivity contribution in [2.45, 2.75) is 13.0 Å². The van der Waals surface area contributed by atoms with Crippen molar-refractivity contribution < 1.29 is 18.8 Å². The maximum atomic E-state index is 12.8. The number of carbonyl (C=O) groups excluding carboxylic acids is 1. The summed E-state index contributed by atoms with van der Waals surface area (Å²) in [7, 11) is 0. The van der Waals surface area contributed by atoms with Crippen LogP contribution in [0.2, 0.25) is 0 Å². The minimum atomic E-state index is -0.264. The standard InChI is InChI=1S/C14H19FN2O2/c1-11(12-2-4-13(15)5-3-12)16-14(18)10-17-6-8-19-9-7-17/h2-5,11H,6-10H2,1H3,(H,16,18)/p+1/t11-/m1/s1.